The van der Waals surface area contributed by atoms with Crippen molar-refractivity contribution in [3.05, 3.63) is 50.9 Å². The Morgan fingerprint density at radius 1 is 1.05 bits per heavy atom. The van der Waals surface area contributed by atoms with Crippen molar-refractivity contribution in [1.29, 1.82) is 0 Å². The van der Waals surface area contributed by atoms with Gasteiger partial charge in [-0.15, -0.1) is 22.7 Å². The summed E-state index contributed by atoms with van der Waals surface area (Å²) in [7, 11) is 2.34. The van der Waals surface area contributed by atoms with Crippen LogP contribution in [0.15, 0.2) is 41.1 Å². The van der Waals surface area contributed by atoms with Crippen LogP contribution in [0, 0.1) is 5.92 Å². The average molecular weight is 330 g/mol. The number of rotatable bonds is 3. The van der Waals surface area contributed by atoms with Crippen LogP contribution >= 0.6 is 22.7 Å². The third-order valence-corrected chi connectivity index (χ3v) is 7.16. The Morgan fingerprint density at radius 2 is 1.64 bits per heavy atom. The van der Waals surface area contributed by atoms with Gasteiger partial charge in [0.1, 0.15) is 0 Å². The van der Waals surface area contributed by atoms with Crippen molar-refractivity contribution in [2.24, 2.45) is 5.92 Å². The van der Waals surface area contributed by atoms with E-state index < -0.39 is 0 Å². The third kappa shape index (κ3) is 2.82. The molecule has 2 aromatic heterocycles. The molecule has 0 amide bonds. The molecule has 2 aromatic rings. The molecule has 2 aliphatic rings. The van der Waals surface area contributed by atoms with Gasteiger partial charge in [-0.2, -0.15) is 0 Å². The van der Waals surface area contributed by atoms with Gasteiger partial charge in [-0.1, -0.05) is 24.6 Å². The molecule has 116 valence electrons. The molecule has 4 rings (SSSR count). The number of allylic oxidation sites excluding steroid dienone is 1. The molecule has 1 nitrogen and oxygen atoms in total. The molecule has 0 aliphatic carbocycles. The van der Waals surface area contributed by atoms with E-state index in [2.05, 4.69) is 53.0 Å². The van der Waals surface area contributed by atoms with E-state index in [-0.39, 0.29) is 0 Å². The lowest BCUT2D eigenvalue weighted by molar-refractivity contribution is 0.0486. The molecule has 2 saturated heterocycles. The Morgan fingerprint density at radius 3 is 2.14 bits per heavy atom. The monoisotopic (exact) mass is 329 g/mol. The van der Waals surface area contributed by atoms with E-state index in [4.69, 9.17) is 0 Å². The second-order valence-electron chi connectivity index (χ2n) is 6.67. The van der Waals surface area contributed by atoms with Crippen molar-refractivity contribution in [3.63, 3.8) is 0 Å². The molecule has 3 heteroatoms. The van der Waals surface area contributed by atoms with Crippen LogP contribution < -0.4 is 0 Å². The van der Waals surface area contributed by atoms with E-state index in [1.54, 1.807) is 0 Å². The van der Waals surface area contributed by atoms with Crippen LogP contribution in [0.1, 0.15) is 41.9 Å². The lowest BCUT2D eigenvalue weighted by Crippen LogP contribution is -2.49. The fourth-order valence-electron chi connectivity index (χ4n) is 4.18. The Balaban J connectivity index is 1.64. The van der Waals surface area contributed by atoms with Crippen molar-refractivity contribution in [3.8, 4) is 0 Å². The molecule has 22 heavy (non-hydrogen) atoms. The second kappa shape index (κ2) is 6.31. The van der Waals surface area contributed by atoms with Gasteiger partial charge < -0.3 is 4.90 Å². The minimum Gasteiger partial charge on any atom is -0.300 e. The molecule has 0 radical (unpaired) electrons. The molecule has 4 heterocycles. The zero-order valence-corrected chi connectivity index (χ0v) is 14.7. The molecule has 2 unspecified atom stereocenters. The van der Waals surface area contributed by atoms with Crippen molar-refractivity contribution in [2.45, 2.75) is 44.2 Å². The Labute approximate surface area is 141 Å². The van der Waals surface area contributed by atoms with Crippen LogP contribution in [-0.4, -0.2) is 24.0 Å². The average Bonchev–Trinajstić information content (AvgIpc) is 3.19. The minimum atomic E-state index is 0.741. The van der Waals surface area contributed by atoms with Gasteiger partial charge in [0.05, 0.1) is 0 Å². The molecular weight excluding hydrogens is 306 g/mol. The SMILES string of the molecule is CN1C2CCCC1CC(C=C(c1cccs1)c1cccs1)C2. The maximum absolute atomic E-state index is 2.66. The summed E-state index contributed by atoms with van der Waals surface area (Å²) in [4.78, 5) is 5.50. The lowest BCUT2D eigenvalue weighted by Gasteiger charge is -2.46. The molecule has 0 saturated carbocycles. The van der Waals surface area contributed by atoms with Gasteiger partial charge in [-0.25, -0.2) is 0 Å². The van der Waals surface area contributed by atoms with Crippen LogP contribution in [0.3, 0.4) is 0 Å². The molecule has 2 fully saturated rings. The van der Waals surface area contributed by atoms with Crippen LogP contribution in [0.2, 0.25) is 0 Å². The zero-order valence-electron chi connectivity index (χ0n) is 13.1. The highest BCUT2D eigenvalue weighted by molar-refractivity contribution is 7.13. The topological polar surface area (TPSA) is 3.24 Å². The van der Waals surface area contributed by atoms with Crippen LogP contribution in [0.4, 0.5) is 0 Å². The fraction of sp³-hybridized carbons (Fsp3) is 0.474. The van der Waals surface area contributed by atoms with Gasteiger partial charge in [-0.05, 0) is 61.5 Å². The predicted octanol–water partition coefficient (Wildman–Crippen LogP) is 5.50. The van der Waals surface area contributed by atoms with Crippen molar-refractivity contribution < 1.29 is 0 Å². The minimum absolute atomic E-state index is 0.741. The summed E-state index contributed by atoms with van der Waals surface area (Å²) in [6.07, 6.45) is 9.49. The van der Waals surface area contributed by atoms with Gasteiger partial charge in [0, 0.05) is 27.4 Å². The van der Waals surface area contributed by atoms with Crippen LogP contribution in [-0.2, 0) is 0 Å². The number of hydrogen-bond acceptors (Lipinski definition) is 3. The van der Waals surface area contributed by atoms with E-state index in [1.165, 1.54) is 47.4 Å². The molecule has 2 bridgehead atoms. The summed E-state index contributed by atoms with van der Waals surface area (Å²) in [6.45, 7) is 0. The Hall–Kier alpha value is -0.900. The standard InChI is InChI=1S/C19H23NS2/c1-20-15-5-2-6-16(20)12-14(11-15)13-17(18-7-3-9-21-18)19-8-4-10-22-19/h3-4,7-10,13-16H,2,5-6,11-12H2,1H3. The largest absolute Gasteiger partial charge is 0.300 e. The van der Waals surface area contributed by atoms with E-state index >= 15 is 0 Å². The van der Waals surface area contributed by atoms with Crippen molar-refractivity contribution >= 4 is 28.2 Å². The first-order valence-electron chi connectivity index (χ1n) is 8.33. The van der Waals surface area contributed by atoms with Gasteiger partial charge >= 0.3 is 0 Å². The summed E-state index contributed by atoms with van der Waals surface area (Å²) in [6, 6.07) is 10.5. The Bertz CT molecular complexity index is 576. The normalized spacial score (nSPS) is 28.5. The van der Waals surface area contributed by atoms with Gasteiger partial charge in [0.25, 0.3) is 0 Å². The number of hydrogen-bond donors (Lipinski definition) is 0. The molecule has 2 aliphatic heterocycles. The van der Waals surface area contributed by atoms with Crippen molar-refractivity contribution in [2.75, 3.05) is 7.05 Å². The molecule has 0 aromatic carbocycles. The lowest BCUT2D eigenvalue weighted by atomic mass is 9.78. The quantitative estimate of drug-likeness (QED) is 0.718. The second-order valence-corrected chi connectivity index (χ2v) is 8.57. The summed E-state index contributed by atoms with van der Waals surface area (Å²) in [5, 5.41) is 4.39. The number of fused-ring (bicyclic) bond motifs is 2. The maximum Gasteiger partial charge on any atom is 0.0353 e. The first kappa shape index (κ1) is 14.7. The first-order valence-corrected chi connectivity index (χ1v) is 10.1. The number of thiophene rings is 2. The fourth-order valence-corrected chi connectivity index (χ4v) is 5.78. The molecule has 2 atom stereocenters. The third-order valence-electron chi connectivity index (χ3n) is 5.35. The van der Waals surface area contributed by atoms with E-state index in [0.717, 1.165) is 18.0 Å². The predicted molar refractivity (Wildman–Crippen MR) is 97.6 cm³/mol. The van der Waals surface area contributed by atoms with E-state index in [9.17, 15) is 0 Å². The van der Waals surface area contributed by atoms with E-state index in [0.29, 0.717) is 0 Å². The number of piperidine rings is 2. The summed E-state index contributed by atoms with van der Waals surface area (Å²) >= 11 is 3.74. The smallest absolute Gasteiger partial charge is 0.0353 e. The summed E-state index contributed by atoms with van der Waals surface area (Å²) in [5.41, 5.74) is 1.47. The van der Waals surface area contributed by atoms with E-state index in [1.807, 2.05) is 22.7 Å². The maximum atomic E-state index is 2.66. The van der Waals surface area contributed by atoms with Gasteiger partial charge in [0.2, 0.25) is 0 Å². The highest BCUT2D eigenvalue weighted by Crippen LogP contribution is 2.39. The molecule has 0 spiro atoms. The number of nitrogens with zero attached hydrogens (tertiary/aromatic N) is 1. The zero-order chi connectivity index (χ0) is 14.9. The van der Waals surface area contributed by atoms with Crippen molar-refractivity contribution in [1.82, 2.24) is 4.90 Å². The highest BCUT2D eigenvalue weighted by atomic mass is 32.1. The highest BCUT2D eigenvalue weighted by Gasteiger charge is 2.35. The van der Waals surface area contributed by atoms with Gasteiger partial charge in [-0.3, -0.25) is 0 Å². The Kier molecular flexibility index (Phi) is 4.21. The van der Waals surface area contributed by atoms with Gasteiger partial charge in [0.15, 0.2) is 0 Å². The van der Waals surface area contributed by atoms with Crippen LogP contribution in [0.25, 0.3) is 5.57 Å². The summed E-state index contributed by atoms with van der Waals surface area (Å²) < 4.78 is 0. The molecular formula is C19H23NS2. The van der Waals surface area contributed by atoms with Crippen LogP contribution in [0.5, 0.6) is 0 Å². The first-order chi connectivity index (χ1) is 10.8. The summed E-state index contributed by atoms with van der Waals surface area (Å²) in [5.74, 6) is 0.741. The molecule has 0 N–H and O–H groups in total.